The summed E-state index contributed by atoms with van der Waals surface area (Å²) in [5.74, 6) is 0.711. The number of ether oxygens (including phenoxy) is 2. The molecule has 2 nitrogen and oxygen atoms in total. The summed E-state index contributed by atoms with van der Waals surface area (Å²) in [7, 11) is 0. The number of rotatable bonds is 7. The predicted octanol–water partition coefficient (Wildman–Crippen LogP) is 3.32. The van der Waals surface area contributed by atoms with Gasteiger partial charge in [0.15, 0.2) is 0 Å². The number of epoxide rings is 1. The van der Waals surface area contributed by atoms with Gasteiger partial charge in [0.25, 0.3) is 0 Å². The largest absolute Gasteiger partial charge is 0.368 e. The highest BCUT2D eigenvalue weighted by molar-refractivity contribution is 7.99. The van der Waals surface area contributed by atoms with Crippen molar-refractivity contribution in [1.29, 1.82) is 0 Å². The fraction of sp³-hybridized carbons (Fsp3) is 0.538. The summed E-state index contributed by atoms with van der Waals surface area (Å²) >= 11 is 1.73. The first-order valence-electron chi connectivity index (χ1n) is 5.81. The van der Waals surface area contributed by atoms with Gasteiger partial charge in [0.2, 0.25) is 0 Å². The number of benzene rings is 1. The molecule has 0 radical (unpaired) electrons. The van der Waals surface area contributed by atoms with Gasteiger partial charge in [0.1, 0.15) is 6.10 Å². The Hall–Kier alpha value is -0.510. The standard InChI is InChI=1S/C13H18O2S/c1-2-6-12-13(15-12)9-14-10-16-11-7-4-3-5-8-11/h3-5,7-8,12-13H,2,6,9-10H2,1H3/t12-,13+/m1/s1. The van der Waals surface area contributed by atoms with E-state index in [0.29, 0.717) is 18.1 Å². The summed E-state index contributed by atoms with van der Waals surface area (Å²) in [6.45, 7) is 2.93. The molecular weight excluding hydrogens is 220 g/mol. The lowest BCUT2D eigenvalue weighted by Crippen LogP contribution is -2.04. The summed E-state index contributed by atoms with van der Waals surface area (Å²) < 4.78 is 11.1. The highest BCUT2D eigenvalue weighted by Crippen LogP contribution is 2.27. The molecule has 1 saturated heterocycles. The third-order valence-corrected chi connectivity index (χ3v) is 3.49. The second kappa shape index (κ2) is 6.28. The van der Waals surface area contributed by atoms with E-state index in [1.54, 1.807) is 11.8 Å². The monoisotopic (exact) mass is 238 g/mol. The lowest BCUT2D eigenvalue weighted by molar-refractivity contribution is 0.158. The van der Waals surface area contributed by atoms with Crippen molar-refractivity contribution in [2.45, 2.75) is 36.9 Å². The number of thioether (sulfide) groups is 1. The Labute approximate surface area is 101 Å². The van der Waals surface area contributed by atoms with Gasteiger partial charge in [-0.05, 0) is 18.6 Å². The lowest BCUT2D eigenvalue weighted by atomic mass is 10.2. The number of hydrogen-bond donors (Lipinski definition) is 0. The zero-order valence-electron chi connectivity index (χ0n) is 9.59. The van der Waals surface area contributed by atoms with Gasteiger partial charge < -0.3 is 9.47 Å². The van der Waals surface area contributed by atoms with Crippen LogP contribution in [-0.4, -0.2) is 24.8 Å². The molecule has 1 aromatic carbocycles. The van der Waals surface area contributed by atoms with Crippen LogP contribution in [0.5, 0.6) is 0 Å². The molecule has 1 aromatic rings. The van der Waals surface area contributed by atoms with Crippen LogP contribution in [0.25, 0.3) is 0 Å². The lowest BCUT2D eigenvalue weighted by Gasteiger charge is -2.01. The van der Waals surface area contributed by atoms with Crippen LogP contribution in [0.4, 0.5) is 0 Å². The van der Waals surface area contributed by atoms with Crippen LogP contribution in [-0.2, 0) is 9.47 Å². The molecule has 0 bridgehead atoms. The molecule has 0 aromatic heterocycles. The van der Waals surface area contributed by atoms with Gasteiger partial charge in [-0.3, -0.25) is 0 Å². The Balaban J connectivity index is 1.53. The van der Waals surface area contributed by atoms with Gasteiger partial charge in [-0.1, -0.05) is 43.3 Å². The van der Waals surface area contributed by atoms with Crippen LogP contribution in [0, 0.1) is 0 Å². The zero-order valence-corrected chi connectivity index (χ0v) is 10.4. The topological polar surface area (TPSA) is 21.8 Å². The molecule has 0 amide bonds. The van der Waals surface area contributed by atoms with Crippen molar-refractivity contribution in [3.8, 4) is 0 Å². The Morgan fingerprint density at radius 3 is 2.81 bits per heavy atom. The van der Waals surface area contributed by atoms with Crippen molar-refractivity contribution in [1.82, 2.24) is 0 Å². The molecule has 88 valence electrons. The molecule has 1 aliphatic rings. The Kier molecular flexibility index (Phi) is 4.69. The fourth-order valence-electron chi connectivity index (χ4n) is 1.65. The Morgan fingerprint density at radius 2 is 2.06 bits per heavy atom. The van der Waals surface area contributed by atoms with E-state index in [-0.39, 0.29) is 0 Å². The third-order valence-electron chi connectivity index (χ3n) is 2.60. The molecule has 0 unspecified atom stereocenters. The first kappa shape index (κ1) is 12.0. The summed E-state index contributed by atoms with van der Waals surface area (Å²) in [5, 5.41) is 0. The second-order valence-electron chi connectivity index (χ2n) is 3.95. The smallest absolute Gasteiger partial charge is 0.107 e. The van der Waals surface area contributed by atoms with E-state index < -0.39 is 0 Å². The first-order chi connectivity index (χ1) is 7.90. The van der Waals surface area contributed by atoms with Crippen LogP contribution in [0.1, 0.15) is 19.8 Å². The van der Waals surface area contributed by atoms with Crippen molar-refractivity contribution in [3.63, 3.8) is 0 Å². The summed E-state index contributed by atoms with van der Waals surface area (Å²) in [6.07, 6.45) is 3.18. The SMILES string of the molecule is CCC[C@H]1O[C@H]1COCSc1ccccc1. The molecule has 1 heterocycles. The summed E-state index contributed by atoms with van der Waals surface area (Å²) in [4.78, 5) is 1.25. The molecule has 0 aliphatic carbocycles. The van der Waals surface area contributed by atoms with Crippen LogP contribution in [0.15, 0.2) is 35.2 Å². The molecule has 2 rings (SSSR count). The molecule has 0 spiro atoms. The van der Waals surface area contributed by atoms with Crippen molar-refractivity contribution >= 4 is 11.8 Å². The molecule has 0 saturated carbocycles. The molecule has 3 heteroatoms. The van der Waals surface area contributed by atoms with Crippen LogP contribution < -0.4 is 0 Å². The maximum atomic E-state index is 5.58. The first-order valence-corrected chi connectivity index (χ1v) is 6.79. The maximum Gasteiger partial charge on any atom is 0.107 e. The van der Waals surface area contributed by atoms with Crippen LogP contribution in [0.2, 0.25) is 0 Å². The predicted molar refractivity (Wildman–Crippen MR) is 66.7 cm³/mol. The van der Waals surface area contributed by atoms with Gasteiger partial charge in [-0.25, -0.2) is 0 Å². The minimum absolute atomic E-state index is 0.358. The van der Waals surface area contributed by atoms with E-state index in [1.807, 2.05) is 18.2 Å². The minimum atomic E-state index is 0.358. The van der Waals surface area contributed by atoms with Crippen LogP contribution >= 0.6 is 11.8 Å². The molecule has 0 N–H and O–H groups in total. The normalized spacial score (nSPS) is 23.3. The molecule has 16 heavy (non-hydrogen) atoms. The maximum absolute atomic E-state index is 5.58. The van der Waals surface area contributed by atoms with Gasteiger partial charge >= 0.3 is 0 Å². The highest BCUT2D eigenvalue weighted by Gasteiger charge is 2.37. The van der Waals surface area contributed by atoms with Crippen molar-refractivity contribution < 1.29 is 9.47 Å². The van der Waals surface area contributed by atoms with Gasteiger partial charge in [-0.2, -0.15) is 0 Å². The van der Waals surface area contributed by atoms with Gasteiger partial charge in [0, 0.05) is 4.90 Å². The minimum Gasteiger partial charge on any atom is -0.368 e. The van der Waals surface area contributed by atoms with E-state index >= 15 is 0 Å². The van der Waals surface area contributed by atoms with Crippen molar-refractivity contribution in [2.75, 3.05) is 12.5 Å². The van der Waals surface area contributed by atoms with Crippen molar-refractivity contribution in [2.24, 2.45) is 0 Å². The second-order valence-corrected chi connectivity index (χ2v) is 4.94. The third kappa shape index (κ3) is 3.81. The molecular formula is C13H18O2S. The Morgan fingerprint density at radius 1 is 1.25 bits per heavy atom. The van der Waals surface area contributed by atoms with Crippen LogP contribution in [0.3, 0.4) is 0 Å². The fourth-order valence-corrected chi connectivity index (χ4v) is 2.32. The van der Waals surface area contributed by atoms with E-state index in [9.17, 15) is 0 Å². The van der Waals surface area contributed by atoms with E-state index in [1.165, 1.54) is 17.7 Å². The van der Waals surface area contributed by atoms with E-state index in [2.05, 4.69) is 19.1 Å². The summed E-state index contributed by atoms with van der Waals surface area (Å²) in [6, 6.07) is 10.3. The van der Waals surface area contributed by atoms with Gasteiger partial charge in [-0.15, -0.1) is 0 Å². The van der Waals surface area contributed by atoms with E-state index in [4.69, 9.17) is 9.47 Å². The zero-order chi connectivity index (χ0) is 11.2. The molecule has 1 aliphatic heterocycles. The average molecular weight is 238 g/mol. The summed E-state index contributed by atoms with van der Waals surface area (Å²) in [5.41, 5.74) is 0. The van der Waals surface area contributed by atoms with Gasteiger partial charge in [0.05, 0.1) is 18.6 Å². The quantitative estimate of drug-likeness (QED) is 0.315. The number of hydrogen-bond acceptors (Lipinski definition) is 3. The average Bonchev–Trinajstić information content (AvgIpc) is 3.05. The molecule has 2 atom stereocenters. The Bertz CT molecular complexity index is 302. The van der Waals surface area contributed by atoms with E-state index in [0.717, 1.165) is 6.61 Å². The molecule has 1 fully saturated rings. The highest BCUT2D eigenvalue weighted by atomic mass is 32.2. The van der Waals surface area contributed by atoms with Crippen molar-refractivity contribution in [3.05, 3.63) is 30.3 Å².